The van der Waals surface area contributed by atoms with Crippen LogP contribution in [0.25, 0.3) is 0 Å². The Morgan fingerprint density at radius 3 is 2.42 bits per heavy atom. The fourth-order valence-electron chi connectivity index (χ4n) is 5.25. The van der Waals surface area contributed by atoms with Gasteiger partial charge in [0.05, 0.1) is 44.5 Å². The van der Waals surface area contributed by atoms with Crippen molar-refractivity contribution in [2.45, 2.75) is 99.5 Å². The maximum Gasteiger partial charge on any atom is 0.215 e. The molecular formula is C24H47N5O9. The highest BCUT2D eigenvalue weighted by molar-refractivity contribution is 5.05. The van der Waals surface area contributed by atoms with Gasteiger partial charge >= 0.3 is 0 Å². The molecule has 3 aliphatic rings. The minimum atomic E-state index is -1.35. The van der Waals surface area contributed by atoms with Crippen molar-refractivity contribution in [1.29, 1.82) is 0 Å². The molecule has 0 aromatic rings. The molecule has 0 radical (unpaired) electrons. The van der Waals surface area contributed by atoms with Gasteiger partial charge in [0.25, 0.3) is 0 Å². The van der Waals surface area contributed by atoms with Gasteiger partial charge < -0.3 is 71.9 Å². The summed E-state index contributed by atoms with van der Waals surface area (Å²) in [4.78, 5) is 0. The lowest BCUT2D eigenvalue weighted by molar-refractivity contribution is -0.304. The molecule has 1 saturated heterocycles. The highest BCUT2D eigenvalue weighted by atomic mass is 16.7. The number of ether oxygens (including phenoxy) is 4. The summed E-state index contributed by atoms with van der Waals surface area (Å²) < 4.78 is 23.9. The van der Waals surface area contributed by atoms with Crippen molar-refractivity contribution in [3.63, 3.8) is 0 Å². The Labute approximate surface area is 223 Å². The second-order valence-corrected chi connectivity index (χ2v) is 10.6. The Bertz CT molecular complexity index is 759. The van der Waals surface area contributed by atoms with E-state index in [4.69, 9.17) is 30.4 Å². The van der Waals surface area contributed by atoms with Gasteiger partial charge in [0, 0.05) is 12.1 Å². The number of nitrogens with two attached hydrogens (primary N) is 2. The normalized spacial score (nSPS) is 42.1. The van der Waals surface area contributed by atoms with Crippen molar-refractivity contribution in [1.82, 2.24) is 16.0 Å². The van der Waals surface area contributed by atoms with Crippen LogP contribution in [0.15, 0.2) is 11.8 Å². The molecule has 1 unspecified atom stereocenters. The molecular weight excluding hydrogens is 502 g/mol. The Morgan fingerprint density at radius 2 is 1.79 bits per heavy atom. The zero-order valence-corrected chi connectivity index (χ0v) is 22.4. The van der Waals surface area contributed by atoms with E-state index in [-0.39, 0.29) is 26.2 Å². The summed E-state index contributed by atoms with van der Waals surface area (Å²) in [6.45, 7) is 3.96. The molecule has 222 valence electrons. The average Bonchev–Trinajstić information content (AvgIpc) is 2.88. The Kier molecular flexibility index (Phi) is 11.7. The fraction of sp³-hybridized carbons (Fsp3) is 0.917. The van der Waals surface area contributed by atoms with E-state index in [1.165, 1.54) is 6.92 Å². The molecule has 11 atom stereocenters. The van der Waals surface area contributed by atoms with Crippen molar-refractivity contribution in [2.24, 2.45) is 11.5 Å². The Balaban J connectivity index is 1.79. The van der Waals surface area contributed by atoms with Crippen molar-refractivity contribution in [2.75, 3.05) is 40.0 Å². The minimum Gasteiger partial charge on any atom is -0.467 e. The lowest BCUT2D eigenvalue weighted by Gasteiger charge is -2.49. The SMILES string of the molecule is CCNCC1=CC[C@@H](N)[C@@H](OC2[C@@H](N)C[C@@H](NC(CO)CO)[C@H](O[C@H]3OC[C@](C)(O)[C@H](NC)[C@H]3O)[C@H]2O)O1. The molecule has 3 rings (SSSR count). The van der Waals surface area contributed by atoms with Crippen LogP contribution < -0.4 is 27.4 Å². The predicted octanol–water partition coefficient (Wildman–Crippen LogP) is -4.22. The van der Waals surface area contributed by atoms with E-state index >= 15 is 0 Å². The standard InChI is InChI=1S/C24H47N5O9/c1-4-28-8-13-5-6-14(25)22(36-13)37-19-15(26)7-16(29-12(9-30)10-31)20(17(19)32)38-23-18(33)21(27-3)24(2,34)11-35-23/h5,12,14-23,27-34H,4,6-11,25-26H2,1-3H3/t14-,15+,16-,17+,18-,19?,20+,21-,22-,23-,24+/m1/s1. The predicted molar refractivity (Wildman–Crippen MR) is 137 cm³/mol. The van der Waals surface area contributed by atoms with Crippen LogP contribution in [-0.4, -0.2) is 138 Å². The molecule has 2 heterocycles. The molecule has 1 aliphatic carbocycles. The molecule has 0 bridgehead atoms. The summed E-state index contributed by atoms with van der Waals surface area (Å²) in [5.74, 6) is 0.683. The minimum absolute atomic E-state index is 0.123. The first-order chi connectivity index (χ1) is 18.1. The second kappa shape index (κ2) is 14.1. The van der Waals surface area contributed by atoms with Gasteiger partial charge in [-0.1, -0.05) is 6.92 Å². The van der Waals surface area contributed by atoms with E-state index in [1.807, 2.05) is 13.0 Å². The highest BCUT2D eigenvalue weighted by Gasteiger charge is 2.51. The maximum atomic E-state index is 11.5. The highest BCUT2D eigenvalue weighted by Crippen LogP contribution is 2.32. The molecule has 14 heteroatoms. The van der Waals surface area contributed by atoms with E-state index < -0.39 is 72.8 Å². The van der Waals surface area contributed by atoms with E-state index in [0.29, 0.717) is 18.7 Å². The van der Waals surface area contributed by atoms with Gasteiger partial charge in [-0.25, -0.2) is 0 Å². The second-order valence-electron chi connectivity index (χ2n) is 10.6. The first-order valence-corrected chi connectivity index (χ1v) is 13.3. The van der Waals surface area contributed by atoms with Gasteiger partial charge in [-0.05, 0) is 39.4 Å². The molecule has 1 saturated carbocycles. The van der Waals surface area contributed by atoms with Gasteiger partial charge in [-0.2, -0.15) is 0 Å². The summed E-state index contributed by atoms with van der Waals surface area (Å²) in [7, 11) is 1.60. The Morgan fingerprint density at radius 1 is 1.11 bits per heavy atom. The fourth-order valence-corrected chi connectivity index (χ4v) is 5.25. The van der Waals surface area contributed by atoms with Crippen LogP contribution in [0.1, 0.15) is 26.7 Å². The third-order valence-corrected chi connectivity index (χ3v) is 7.42. The number of hydrogen-bond donors (Lipinski definition) is 10. The average molecular weight is 550 g/mol. The maximum absolute atomic E-state index is 11.5. The molecule has 0 amide bonds. The Hall–Kier alpha value is -0.980. The molecule has 2 fully saturated rings. The molecule has 0 aromatic heterocycles. The molecule has 14 nitrogen and oxygen atoms in total. The van der Waals surface area contributed by atoms with Gasteiger partial charge in [0.15, 0.2) is 6.29 Å². The van der Waals surface area contributed by atoms with Gasteiger partial charge in [0.1, 0.15) is 35.8 Å². The monoisotopic (exact) mass is 549 g/mol. The molecule has 0 spiro atoms. The van der Waals surface area contributed by atoms with Crippen LogP contribution >= 0.6 is 0 Å². The molecule has 12 N–H and O–H groups in total. The number of nitrogens with one attached hydrogen (secondary N) is 3. The van der Waals surface area contributed by atoms with Crippen LogP contribution in [0.2, 0.25) is 0 Å². The zero-order valence-electron chi connectivity index (χ0n) is 22.4. The van der Waals surface area contributed by atoms with Gasteiger partial charge in [0.2, 0.25) is 6.29 Å². The molecule has 38 heavy (non-hydrogen) atoms. The zero-order chi connectivity index (χ0) is 28.0. The largest absolute Gasteiger partial charge is 0.467 e. The number of hydrogen-bond acceptors (Lipinski definition) is 14. The van der Waals surface area contributed by atoms with E-state index in [1.54, 1.807) is 7.05 Å². The van der Waals surface area contributed by atoms with Crippen molar-refractivity contribution < 1.29 is 44.5 Å². The topological polar surface area (TPSA) is 226 Å². The first-order valence-electron chi connectivity index (χ1n) is 13.3. The quantitative estimate of drug-likeness (QED) is 0.111. The number of aliphatic hydroxyl groups excluding tert-OH is 4. The lowest BCUT2D eigenvalue weighted by Crippen LogP contribution is -2.69. The summed E-state index contributed by atoms with van der Waals surface area (Å²) in [6.07, 6.45) is -3.96. The van der Waals surface area contributed by atoms with E-state index in [0.717, 1.165) is 6.54 Å². The van der Waals surface area contributed by atoms with Gasteiger partial charge in [-0.3, -0.25) is 0 Å². The molecule has 0 aromatic carbocycles. The van der Waals surface area contributed by atoms with Crippen LogP contribution in [0.3, 0.4) is 0 Å². The van der Waals surface area contributed by atoms with Crippen LogP contribution in [0.5, 0.6) is 0 Å². The smallest absolute Gasteiger partial charge is 0.215 e. The van der Waals surface area contributed by atoms with Crippen LogP contribution in [0.4, 0.5) is 0 Å². The van der Waals surface area contributed by atoms with E-state index in [9.17, 15) is 25.5 Å². The lowest BCUT2D eigenvalue weighted by atomic mass is 9.83. The summed E-state index contributed by atoms with van der Waals surface area (Å²) >= 11 is 0. The summed E-state index contributed by atoms with van der Waals surface area (Å²) in [5.41, 5.74) is 11.3. The number of aliphatic hydroxyl groups is 5. The number of likely N-dealkylation sites (N-methyl/N-ethyl adjacent to an activating group) is 2. The van der Waals surface area contributed by atoms with Crippen molar-refractivity contribution >= 4 is 0 Å². The third-order valence-electron chi connectivity index (χ3n) is 7.42. The van der Waals surface area contributed by atoms with Crippen molar-refractivity contribution in [3.05, 3.63) is 11.8 Å². The van der Waals surface area contributed by atoms with Gasteiger partial charge in [-0.15, -0.1) is 0 Å². The van der Waals surface area contributed by atoms with Crippen LogP contribution in [0, 0.1) is 0 Å². The third kappa shape index (κ3) is 7.40. The summed E-state index contributed by atoms with van der Waals surface area (Å²) in [5, 5.41) is 61.4. The first kappa shape index (κ1) is 31.5. The van der Waals surface area contributed by atoms with E-state index in [2.05, 4.69) is 16.0 Å². The number of rotatable bonds is 12. The molecule has 2 aliphatic heterocycles. The van der Waals surface area contributed by atoms with Crippen LogP contribution in [-0.2, 0) is 18.9 Å². The van der Waals surface area contributed by atoms with Crippen molar-refractivity contribution in [3.8, 4) is 0 Å². The summed E-state index contributed by atoms with van der Waals surface area (Å²) in [6, 6.07) is -3.26.